The summed E-state index contributed by atoms with van der Waals surface area (Å²) in [7, 11) is 0. The normalized spacial score (nSPS) is 10.5. The van der Waals surface area contributed by atoms with Crippen LogP contribution in [-0.2, 0) is 0 Å². The van der Waals surface area contributed by atoms with Gasteiger partial charge in [0.05, 0.1) is 10.7 Å². The van der Waals surface area contributed by atoms with Crippen molar-refractivity contribution in [2.45, 2.75) is 0 Å². The molecule has 0 saturated carbocycles. The monoisotopic (exact) mass is 271 g/mol. The van der Waals surface area contributed by atoms with E-state index in [1.165, 1.54) is 18.2 Å². The number of carboxylic acid groups (broad SMARTS) is 1. The molecule has 1 aromatic heterocycles. The first-order valence-electron chi connectivity index (χ1n) is 4.57. The highest BCUT2D eigenvalue weighted by Gasteiger charge is 2.17. The first-order chi connectivity index (χ1) is 8.00. The molecule has 0 spiro atoms. The predicted molar refractivity (Wildman–Crippen MR) is 66.1 cm³/mol. The van der Waals surface area contributed by atoms with Gasteiger partial charge in [-0.3, -0.25) is 0 Å². The van der Waals surface area contributed by atoms with Crippen LogP contribution in [-0.4, -0.2) is 11.1 Å². The summed E-state index contributed by atoms with van der Waals surface area (Å²) in [6.45, 7) is 0. The van der Waals surface area contributed by atoms with E-state index in [-0.39, 0.29) is 21.2 Å². The predicted octanol–water partition coefficient (Wildman–Crippen LogP) is 3.49. The van der Waals surface area contributed by atoms with Gasteiger partial charge in [-0.1, -0.05) is 23.7 Å². The van der Waals surface area contributed by atoms with Crippen molar-refractivity contribution < 1.29 is 14.3 Å². The minimum Gasteiger partial charge on any atom is -0.477 e. The Morgan fingerprint density at radius 3 is 2.76 bits per heavy atom. The lowest BCUT2D eigenvalue weighted by Gasteiger charge is -2.00. The Hall–Kier alpha value is -1.59. The van der Waals surface area contributed by atoms with Gasteiger partial charge in [0.15, 0.2) is 0 Å². The highest BCUT2D eigenvalue weighted by Crippen LogP contribution is 2.36. The number of nitrogens with two attached hydrogens (primary N) is 1. The molecule has 3 N–H and O–H groups in total. The van der Waals surface area contributed by atoms with E-state index in [2.05, 4.69) is 0 Å². The van der Waals surface area contributed by atoms with E-state index in [4.69, 9.17) is 22.4 Å². The molecule has 1 aromatic carbocycles. The maximum Gasteiger partial charge on any atom is 0.348 e. The molecule has 0 bridgehead atoms. The van der Waals surface area contributed by atoms with Crippen LogP contribution in [0.5, 0.6) is 0 Å². The van der Waals surface area contributed by atoms with Gasteiger partial charge in [0, 0.05) is 10.4 Å². The van der Waals surface area contributed by atoms with Crippen LogP contribution >= 0.6 is 22.9 Å². The molecule has 1 heterocycles. The second-order valence-corrected chi connectivity index (χ2v) is 4.76. The molecule has 88 valence electrons. The molecule has 0 aliphatic rings. The molecule has 2 rings (SSSR count). The van der Waals surface area contributed by atoms with E-state index < -0.39 is 11.8 Å². The quantitative estimate of drug-likeness (QED) is 0.879. The van der Waals surface area contributed by atoms with Gasteiger partial charge in [0.1, 0.15) is 10.7 Å². The standard InChI is InChI=1S/C11H7ClFNO2S/c12-6-3-1-2-5(9(6)13)8-4-7(14)10(17-8)11(15)16/h1-4H,14H2,(H,15,16). The number of benzene rings is 1. The minimum absolute atomic E-state index is 0.000578. The van der Waals surface area contributed by atoms with E-state index in [0.717, 1.165) is 11.3 Å². The molecule has 0 aliphatic heterocycles. The third kappa shape index (κ3) is 2.11. The van der Waals surface area contributed by atoms with Crippen molar-refractivity contribution in [2.75, 3.05) is 5.73 Å². The Morgan fingerprint density at radius 1 is 1.47 bits per heavy atom. The number of carboxylic acids is 1. The van der Waals surface area contributed by atoms with Crippen molar-refractivity contribution in [1.29, 1.82) is 0 Å². The summed E-state index contributed by atoms with van der Waals surface area (Å²) in [4.78, 5) is 11.3. The van der Waals surface area contributed by atoms with E-state index in [0.29, 0.717) is 4.88 Å². The number of aromatic carboxylic acids is 1. The number of halogens is 2. The fourth-order valence-electron chi connectivity index (χ4n) is 1.40. The van der Waals surface area contributed by atoms with Crippen LogP contribution in [0, 0.1) is 5.82 Å². The number of anilines is 1. The third-order valence-electron chi connectivity index (χ3n) is 2.17. The zero-order chi connectivity index (χ0) is 12.6. The Labute approximate surface area is 105 Å². The molecular formula is C11H7ClFNO2S. The lowest BCUT2D eigenvalue weighted by Crippen LogP contribution is -1.96. The van der Waals surface area contributed by atoms with E-state index in [1.807, 2.05) is 0 Å². The summed E-state index contributed by atoms with van der Waals surface area (Å²) in [6.07, 6.45) is 0. The van der Waals surface area contributed by atoms with Gasteiger partial charge >= 0.3 is 5.97 Å². The average Bonchev–Trinajstić information content (AvgIpc) is 2.64. The molecule has 0 aliphatic carbocycles. The zero-order valence-corrected chi connectivity index (χ0v) is 9.98. The largest absolute Gasteiger partial charge is 0.477 e. The smallest absolute Gasteiger partial charge is 0.348 e. The summed E-state index contributed by atoms with van der Waals surface area (Å²) in [6, 6.07) is 5.98. The topological polar surface area (TPSA) is 63.3 Å². The molecule has 2 aromatic rings. The molecular weight excluding hydrogens is 265 g/mol. The average molecular weight is 272 g/mol. The lowest BCUT2D eigenvalue weighted by molar-refractivity contribution is 0.0703. The number of carbonyl (C=O) groups is 1. The van der Waals surface area contributed by atoms with Gasteiger partial charge in [0.2, 0.25) is 0 Å². The van der Waals surface area contributed by atoms with Gasteiger partial charge < -0.3 is 10.8 Å². The maximum atomic E-state index is 13.7. The molecule has 0 amide bonds. The van der Waals surface area contributed by atoms with Crippen molar-refractivity contribution in [3.63, 3.8) is 0 Å². The van der Waals surface area contributed by atoms with Gasteiger partial charge in [-0.2, -0.15) is 0 Å². The summed E-state index contributed by atoms with van der Waals surface area (Å²) in [5, 5.41) is 8.85. The second-order valence-electron chi connectivity index (χ2n) is 3.30. The number of hydrogen-bond donors (Lipinski definition) is 2. The molecule has 0 unspecified atom stereocenters. The highest BCUT2D eigenvalue weighted by molar-refractivity contribution is 7.17. The van der Waals surface area contributed by atoms with Crippen LogP contribution in [0.2, 0.25) is 5.02 Å². The van der Waals surface area contributed by atoms with Crippen molar-refractivity contribution in [2.24, 2.45) is 0 Å². The van der Waals surface area contributed by atoms with Crippen LogP contribution in [0.3, 0.4) is 0 Å². The molecule has 0 atom stereocenters. The molecule has 0 saturated heterocycles. The first kappa shape index (κ1) is 11.9. The Kier molecular flexibility index (Phi) is 3.04. The summed E-state index contributed by atoms with van der Waals surface area (Å²) in [5.41, 5.74) is 5.92. The summed E-state index contributed by atoms with van der Waals surface area (Å²) < 4.78 is 13.7. The SMILES string of the molecule is Nc1cc(-c2cccc(Cl)c2F)sc1C(=O)O. The van der Waals surface area contributed by atoms with Gasteiger partial charge in [-0.15, -0.1) is 11.3 Å². The second kappa shape index (κ2) is 4.35. The van der Waals surface area contributed by atoms with Crippen LogP contribution in [0.25, 0.3) is 10.4 Å². The maximum absolute atomic E-state index is 13.7. The fourth-order valence-corrected chi connectivity index (χ4v) is 2.51. The van der Waals surface area contributed by atoms with Crippen LogP contribution in [0.15, 0.2) is 24.3 Å². The molecule has 0 radical (unpaired) electrons. The minimum atomic E-state index is -1.12. The van der Waals surface area contributed by atoms with E-state index in [1.54, 1.807) is 6.07 Å². The van der Waals surface area contributed by atoms with E-state index in [9.17, 15) is 9.18 Å². The van der Waals surface area contributed by atoms with Crippen LogP contribution in [0.1, 0.15) is 9.67 Å². The molecule has 0 fully saturated rings. The third-order valence-corrected chi connectivity index (χ3v) is 3.64. The van der Waals surface area contributed by atoms with Crippen molar-refractivity contribution in [3.8, 4) is 10.4 Å². The molecule has 3 nitrogen and oxygen atoms in total. The Morgan fingerprint density at radius 2 is 2.18 bits per heavy atom. The Bertz CT molecular complexity index is 597. The van der Waals surface area contributed by atoms with Crippen LogP contribution < -0.4 is 5.73 Å². The number of thiophene rings is 1. The number of hydrogen-bond acceptors (Lipinski definition) is 3. The van der Waals surface area contributed by atoms with Crippen molar-refractivity contribution in [3.05, 3.63) is 40.0 Å². The number of rotatable bonds is 2. The van der Waals surface area contributed by atoms with Crippen molar-refractivity contribution in [1.82, 2.24) is 0 Å². The molecule has 6 heteroatoms. The fraction of sp³-hybridized carbons (Fsp3) is 0. The van der Waals surface area contributed by atoms with Gasteiger partial charge in [-0.05, 0) is 12.1 Å². The van der Waals surface area contributed by atoms with Gasteiger partial charge in [-0.25, -0.2) is 9.18 Å². The van der Waals surface area contributed by atoms with Crippen molar-refractivity contribution >= 4 is 34.6 Å². The van der Waals surface area contributed by atoms with E-state index >= 15 is 0 Å². The Balaban J connectivity index is 2.58. The number of nitrogen functional groups attached to an aromatic ring is 1. The summed E-state index contributed by atoms with van der Waals surface area (Å²) >= 11 is 6.58. The highest BCUT2D eigenvalue weighted by atomic mass is 35.5. The first-order valence-corrected chi connectivity index (χ1v) is 5.77. The zero-order valence-electron chi connectivity index (χ0n) is 8.41. The van der Waals surface area contributed by atoms with Crippen LogP contribution in [0.4, 0.5) is 10.1 Å². The molecule has 17 heavy (non-hydrogen) atoms. The summed E-state index contributed by atoms with van der Waals surface area (Å²) in [5.74, 6) is -1.70. The van der Waals surface area contributed by atoms with Gasteiger partial charge in [0.25, 0.3) is 0 Å². The lowest BCUT2D eigenvalue weighted by atomic mass is 10.1.